The zero-order valence-corrected chi connectivity index (χ0v) is 12.9. The maximum atomic E-state index is 12.6. The molecule has 0 fully saturated rings. The van der Waals surface area contributed by atoms with Crippen LogP contribution in [-0.2, 0) is 4.74 Å². The predicted octanol–water partition coefficient (Wildman–Crippen LogP) is 4.94. The Morgan fingerprint density at radius 1 is 0.846 bits per heavy atom. The van der Waals surface area contributed by atoms with Gasteiger partial charge in [0.05, 0.1) is 12.7 Å². The number of alkyl halides is 6. The van der Waals surface area contributed by atoms with Gasteiger partial charge < -0.3 is 14.2 Å². The van der Waals surface area contributed by atoms with Crippen molar-refractivity contribution >= 4 is 5.97 Å². The molecular formula is C16H10F6O4. The SMILES string of the molecule is COC(=O)c1ccc(OC(F)(F)F)cc1-c1ccccc1OC(F)(F)F. The monoisotopic (exact) mass is 380 g/mol. The summed E-state index contributed by atoms with van der Waals surface area (Å²) in [7, 11) is 1.02. The summed E-state index contributed by atoms with van der Waals surface area (Å²) in [6, 6.07) is 7.25. The summed E-state index contributed by atoms with van der Waals surface area (Å²) >= 11 is 0. The highest BCUT2D eigenvalue weighted by molar-refractivity contribution is 5.98. The van der Waals surface area contributed by atoms with Crippen molar-refractivity contribution in [2.45, 2.75) is 12.7 Å². The average Bonchev–Trinajstić information content (AvgIpc) is 2.51. The average molecular weight is 380 g/mol. The molecule has 26 heavy (non-hydrogen) atoms. The molecule has 0 aliphatic heterocycles. The summed E-state index contributed by atoms with van der Waals surface area (Å²) in [5.74, 6) is -2.38. The number of esters is 1. The number of benzene rings is 2. The Bertz CT molecular complexity index is 798. The van der Waals surface area contributed by atoms with Crippen LogP contribution in [0.15, 0.2) is 42.5 Å². The van der Waals surface area contributed by atoms with Crippen molar-refractivity contribution in [3.05, 3.63) is 48.0 Å². The van der Waals surface area contributed by atoms with Crippen molar-refractivity contribution in [3.63, 3.8) is 0 Å². The summed E-state index contributed by atoms with van der Waals surface area (Å²) in [6.07, 6.45) is -10.1. The first kappa shape index (κ1) is 19.4. The molecule has 0 unspecified atom stereocenters. The molecule has 4 nitrogen and oxygen atoms in total. The van der Waals surface area contributed by atoms with E-state index in [0.29, 0.717) is 0 Å². The fourth-order valence-corrected chi connectivity index (χ4v) is 2.13. The molecule has 0 aliphatic carbocycles. The van der Waals surface area contributed by atoms with Gasteiger partial charge in [-0.3, -0.25) is 0 Å². The number of carbonyl (C=O) groups excluding carboxylic acids is 1. The third-order valence-corrected chi connectivity index (χ3v) is 3.03. The van der Waals surface area contributed by atoms with Gasteiger partial charge in [0.1, 0.15) is 11.5 Å². The Morgan fingerprint density at radius 3 is 2.04 bits per heavy atom. The highest BCUT2D eigenvalue weighted by atomic mass is 19.4. The molecule has 0 aliphatic rings. The number of para-hydroxylation sites is 1. The Hall–Kier alpha value is -2.91. The second-order valence-electron chi connectivity index (χ2n) is 4.79. The van der Waals surface area contributed by atoms with Crippen LogP contribution >= 0.6 is 0 Å². The summed E-state index contributed by atoms with van der Waals surface area (Å²) < 4.78 is 87.1. The van der Waals surface area contributed by atoms with Crippen LogP contribution in [0.5, 0.6) is 11.5 Å². The van der Waals surface area contributed by atoms with E-state index in [4.69, 9.17) is 0 Å². The van der Waals surface area contributed by atoms with Crippen molar-refractivity contribution in [2.24, 2.45) is 0 Å². The Labute approximate surface area is 142 Å². The first-order valence-corrected chi connectivity index (χ1v) is 6.83. The lowest BCUT2D eigenvalue weighted by Gasteiger charge is -2.16. The van der Waals surface area contributed by atoms with Gasteiger partial charge in [0, 0.05) is 11.1 Å². The third kappa shape index (κ3) is 5.04. The lowest BCUT2D eigenvalue weighted by molar-refractivity contribution is -0.275. The van der Waals surface area contributed by atoms with E-state index in [-0.39, 0.29) is 16.7 Å². The molecule has 0 aromatic heterocycles. The minimum Gasteiger partial charge on any atom is -0.465 e. The molecule has 10 heteroatoms. The number of hydrogen-bond acceptors (Lipinski definition) is 4. The number of ether oxygens (including phenoxy) is 3. The van der Waals surface area contributed by atoms with Crippen molar-refractivity contribution in [3.8, 4) is 22.6 Å². The van der Waals surface area contributed by atoms with Gasteiger partial charge >= 0.3 is 18.7 Å². The molecule has 0 amide bonds. The second-order valence-corrected chi connectivity index (χ2v) is 4.79. The van der Waals surface area contributed by atoms with E-state index in [1.54, 1.807) is 0 Å². The summed E-state index contributed by atoms with van der Waals surface area (Å²) in [5, 5.41) is 0. The molecule has 2 aromatic carbocycles. The van der Waals surface area contributed by atoms with Gasteiger partial charge in [-0.2, -0.15) is 0 Å². The van der Waals surface area contributed by atoms with E-state index in [0.717, 1.165) is 37.4 Å². The second kappa shape index (κ2) is 7.14. The first-order valence-electron chi connectivity index (χ1n) is 6.83. The maximum Gasteiger partial charge on any atom is 0.573 e. The maximum absolute atomic E-state index is 12.6. The van der Waals surface area contributed by atoms with Crippen LogP contribution in [0.2, 0.25) is 0 Å². The van der Waals surface area contributed by atoms with Crippen molar-refractivity contribution < 1.29 is 45.3 Å². The molecule has 0 saturated heterocycles. The van der Waals surface area contributed by atoms with Gasteiger partial charge in [0.15, 0.2) is 0 Å². The first-order chi connectivity index (χ1) is 12.0. The zero-order valence-electron chi connectivity index (χ0n) is 12.9. The van der Waals surface area contributed by atoms with Gasteiger partial charge in [0.25, 0.3) is 0 Å². The molecule has 0 bridgehead atoms. The number of methoxy groups -OCH3 is 1. The Morgan fingerprint density at radius 2 is 1.46 bits per heavy atom. The van der Waals surface area contributed by atoms with E-state index in [1.807, 2.05) is 0 Å². The van der Waals surface area contributed by atoms with Crippen molar-refractivity contribution in [1.82, 2.24) is 0 Å². The van der Waals surface area contributed by atoms with Gasteiger partial charge in [-0.15, -0.1) is 26.3 Å². The molecule has 140 valence electrons. The van der Waals surface area contributed by atoms with Gasteiger partial charge in [-0.25, -0.2) is 4.79 Å². The van der Waals surface area contributed by atoms with E-state index in [2.05, 4.69) is 14.2 Å². The van der Waals surface area contributed by atoms with Gasteiger partial charge in [-0.1, -0.05) is 18.2 Å². The Kier molecular flexibility index (Phi) is 5.33. The lowest BCUT2D eigenvalue weighted by atomic mass is 9.98. The highest BCUT2D eigenvalue weighted by Gasteiger charge is 2.34. The topological polar surface area (TPSA) is 44.8 Å². The van der Waals surface area contributed by atoms with Crippen LogP contribution in [-0.4, -0.2) is 25.8 Å². The molecular weight excluding hydrogens is 370 g/mol. The zero-order chi connectivity index (χ0) is 19.5. The van der Waals surface area contributed by atoms with Crippen LogP contribution < -0.4 is 9.47 Å². The summed E-state index contributed by atoms with van der Waals surface area (Å²) in [6.45, 7) is 0. The van der Waals surface area contributed by atoms with E-state index in [9.17, 15) is 31.1 Å². The van der Waals surface area contributed by atoms with E-state index in [1.165, 1.54) is 12.1 Å². The quantitative estimate of drug-likeness (QED) is 0.557. The van der Waals surface area contributed by atoms with Crippen LogP contribution in [0, 0.1) is 0 Å². The number of halogens is 6. The van der Waals surface area contributed by atoms with Crippen molar-refractivity contribution in [1.29, 1.82) is 0 Å². The minimum atomic E-state index is -5.04. The van der Waals surface area contributed by atoms with Crippen LogP contribution in [0.4, 0.5) is 26.3 Å². The molecule has 0 spiro atoms. The number of rotatable bonds is 4. The molecule has 0 heterocycles. The van der Waals surface area contributed by atoms with Crippen LogP contribution in [0.3, 0.4) is 0 Å². The molecule has 2 aromatic rings. The normalized spacial score (nSPS) is 11.8. The molecule has 0 radical (unpaired) electrons. The smallest absolute Gasteiger partial charge is 0.465 e. The molecule has 0 saturated carbocycles. The van der Waals surface area contributed by atoms with Gasteiger partial charge in [-0.05, 0) is 24.3 Å². The third-order valence-electron chi connectivity index (χ3n) is 3.03. The van der Waals surface area contributed by atoms with Crippen LogP contribution in [0.1, 0.15) is 10.4 Å². The number of hydrogen-bond donors (Lipinski definition) is 0. The lowest BCUT2D eigenvalue weighted by Crippen LogP contribution is -2.18. The predicted molar refractivity (Wildman–Crippen MR) is 76.6 cm³/mol. The standard InChI is InChI=1S/C16H10F6O4/c1-24-14(23)11-7-6-9(25-15(17,18)19)8-12(11)10-4-2-3-5-13(10)26-16(20,21)22/h2-8H,1H3. The van der Waals surface area contributed by atoms with Crippen LogP contribution in [0.25, 0.3) is 11.1 Å². The highest BCUT2D eigenvalue weighted by Crippen LogP contribution is 2.38. The van der Waals surface area contributed by atoms with E-state index >= 15 is 0 Å². The van der Waals surface area contributed by atoms with Crippen molar-refractivity contribution in [2.75, 3.05) is 7.11 Å². The Balaban J connectivity index is 2.62. The minimum absolute atomic E-state index is 0.264. The van der Waals surface area contributed by atoms with Gasteiger partial charge in [0.2, 0.25) is 0 Å². The summed E-state index contributed by atoms with van der Waals surface area (Å²) in [5.41, 5.74) is -0.809. The molecule has 0 N–H and O–H groups in total. The largest absolute Gasteiger partial charge is 0.573 e. The fourth-order valence-electron chi connectivity index (χ4n) is 2.13. The number of carbonyl (C=O) groups is 1. The molecule has 0 atom stereocenters. The van der Waals surface area contributed by atoms with E-state index < -0.39 is 30.2 Å². The summed E-state index contributed by atoms with van der Waals surface area (Å²) in [4.78, 5) is 11.9. The fraction of sp³-hybridized carbons (Fsp3) is 0.188. The molecule has 2 rings (SSSR count).